The van der Waals surface area contributed by atoms with Gasteiger partial charge in [-0.1, -0.05) is 48.5 Å². The summed E-state index contributed by atoms with van der Waals surface area (Å²) in [6.45, 7) is 1.32. The minimum Gasteiger partial charge on any atom is -0.492 e. The smallest absolute Gasteiger partial charge is 0.317 e. The van der Waals surface area contributed by atoms with E-state index in [1.807, 2.05) is 60.7 Å². The van der Waals surface area contributed by atoms with Crippen molar-refractivity contribution in [3.8, 4) is 16.9 Å². The van der Waals surface area contributed by atoms with Crippen molar-refractivity contribution in [3.63, 3.8) is 0 Å². The largest absolute Gasteiger partial charge is 0.492 e. The highest BCUT2D eigenvalue weighted by molar-refractivity contribution is 5.73. The average molecular weight is 361 g/mol. The molecular weight excluding hydrogens is 338 g/mol. The van der Waals surface area contributed by atoms with Gasteiger partial charge >= 0.3 is 6.03 Å². The summed E-state index contributed by atoms with van der Waals surface area (Å²) >= 11 is 0. The fourth-order valence-electron chi connectivity index (χ4n) is 2.75. The first-order valence-corrected chi connectivity index (χ1v) is 8.91. The summed E-state index contributed by atoms with van der Waals surface area (Å²) in [4.78, 5) is 18.1. The third kappa shape index (κ3) is 5.31. The van der Waals surface area contributed by atoms with E-state index in [2.05, 4.69) is 22.4 Å². The highest BCUT2D eigenvalue weighted by Crippen LogP contribution is 2.22. The molecule has 0 bridgehead atoms. The van der Waals surface area contributed by atoms with Crippen LogP contribution in [0.4, 0.5) is 4.79 Å². The quantitative estimate of drug-likeness (QED) is 0.693. The van der Waals surface area contributed by atoms with Gasteiger partial charge in [-0.25, -0.2) is 4.79 Å². The van der Waals surface area contributed by atoms with Crippen LogP contribution in [0.1, 0.15) is 5.69 Å². The second kappa shape index (κ2) is 9.38. The molecule has 27 heavy (non-hydrogen) atoms. The van der Waals surface area contributed by atoms with Crippen LogP contribution >= 0.6 is 0 Å². The standard InChI is InChI=1S/C22H23N3O2/c1-23-22(26)25(17-20-9-5-6-14-24-20)15-16-27-21-12-10-19(11-13-21)18-7-3-2-4-8-18/h2-14H,15-17H2,1H3,(H,23,26). The van der Waals surface area contributed by atoms with Gasteiger partial charge in [-0.15, -0.1) is 0 Å². The van der Waals surface area contributed by atoms with Gasteiger partial charge in [0.1, 0.15) is 12.4 Å². The average Bonchev–Trinajstić information content (AvgIpc) is 2.74. The zero-order valence-electron chi connectivity index (χ0n) is 15.3. The van der Waals surface area contributed by atoms with E-state index in [1.165, 1.54) is 5.56 Å². The summed E-state index contributed by atoms with van der Waals surface area (Å²) in [5.41, 5.74) is 3.16. The third-order valence-electron chi connectivity index (χ3n) is 4.17. The van der Waals surface area contributed by atoms with Crippen LogP contribution in [0.15, 0.2) is 79.0 Å². The number of hydrogen-bond acceptors (Lipinski definition) is 3. The lowest BCUT2D eigenvalue weighted by molar-refractivity contribution is 0.180. The summed E-state index contributed by atoms with van der Waals surface area (Å²) in [7, 11) is 1.62. The van der Waals surface area contributed by atoms with E-state index in [0.29, 0.717) is 19.7 Å². The van der Waals surface area contributed by atoms with Crippen LogP contribution in [-0.2, 0) is 6.54 Å². The van der Waals surface area contributed by atoms with E-state index >= 15 is 0 Å². The Bertz CT molecular complexity index is 836. The molecule has 138 valence electrons. The van der Waals surface area contributed by atoms with Gasteiger partial charge in [0, 0.05) is 13.2 Å². The minimum absolute atomic E-state index is 0.149. The number of amides is 2. The summed E-state index contributed by atoms with van der Waals surface area (Å²) in [6, 6.07) is 23.7. The lowest BCUT2D eigenvalue weighted by atomic mass is 10.1. The molecular formula is C22H23N3O2. The molecule has 0 aliphatic carbocycles. The van der Waals surface area contributed by atoms with E-state index in [1.54, 1.807) is 18.1 Å². The first-order valence-electron chi connectivity index (χ1n) is 8.91. The first-order chi connectivity index (χ1) is 13.3. The van der Waals surface area contributed by atoms with Crippen LogP contribution in [-0.4, -0.2) is 36.1 Å². The molecule has 3 aromatic rings. The molecule has 0 aliphatic heterocycles. The number of rotatable bonds is 7. The van der Waals surface area contributed by atoms with E-state index in [-0.39, 0.29) is 6.03 Å². The number of aromatic nitrogens is 1. The van der Waals surface area contributed by atoms with Gasteiger partial charge in [-0.05, 0) is 35.4 Å². The van der Waals surface area contributed by atoms with E-state index in [9.17, 15) is 4.79 Å². The fourth-order valence-corrected chi connectivity index (χ4v) is 2.75. The number of nitrogens with zero attached hydrogens (tertiary/aromatic N) is 2. The van der Waals surface area contributed by atoms with Crippen molar-refractivity contribution in [1.82, 2.24) is 15.2 Å². The molecule has 3 rings (SSSR count). The minimum atomic E-state index is -0.149. The van der Waals surface area contributed by atoms with Crippen molar-refractivity contribution in [1.29, 1.82) is 0 Å². The zero-order chi connectivity index (χ0) is 18.9. The Morgan fingerprint density at radius 2 is 1.67 bits per heavy atom. The highest BCUT2D eigenvalue weighted by atomic mass is 16.5. The Hall–Kier alpha value is -3.34. The number of hydrogen-bond donors (Lipinski definition) is 1. The highest BCUT2D eigenvalue weighted by Gasteiger charge is 2.13. The van der Waals surface area contributed by atoms with Gasteiger partial charge < -0.3 is 15.0 Å². The molecule has 1 N–H and O–H groups in total. The molecule has 0 unspecified atom stereocenters. The molecule has 0 saturated carbocycles. The second-order valence-electron chi connectivity index (χ2n) is 6.04. The number of nitrogens with one attached hydrogen (secondary N) is 1. The number of carbonyl (C=O) groups is 1. The van der Waals surface area contributed by atoms with E-state index in [4.69, 9.17) is 4.74 Å². The number of urea groups is 1. The maximum atomic E-state index is 12.1. The Balaban J connectivity index is 1.55. The summed E-state index contributed by atoms with van der Waals surface area (Å²) in [5.74, 6) is 0.782. The van der Waals surface area contributed by atoms with Gasteiger partial charge in [0.25, 0.3) is 0 Å². The van der Waals surface area contributed by atoms with Crippen LogP contribution in [0.2, 0.25) is 0 Å². The van der Waals surface area contributed by atoms with Crippen molar-refractivity contribution >= 4 is 6.03 Å². The molecule has 5 heteroatoms. The van der Waals surface area contributed by atoms with E-state index < -0.39 is 0 Å². The zero-order valence-corrected chi connectivity index (χ0v) is 15.3. The molecule has 0 fully saturated rings. The first kappa shape index (κ1) is 18.5. The van der Waals surface area contributed by atoms with Crippen molar-refractivity contribution in [2.24, 2.45) is 0 Å². The summed E-state index contributed by atoms with van der Waals surface area (Å²) < 4.78 is 5.82. The van der Waals surface area contributed by atoms with Crippen molar-refractivity contribution in [2.75, 3.05) is 20.2 Å². The van der Waals surface area contributed by atoms with Crippen molar-refractivity contribution in [2.45, 2.75) is 6.54 Å². The van der Waals surface area contributed by atoms with Crippen molar-refractivity contribution < 1.29 is 9.53 Å². The molecule has 1 aromatic heterocycles. The van der Waals surface area contributed by atoms with Gasteiger partial charge in [-0.3, -0.25) is 4.98 Å². The molecule has 2 amide bonds. The van der Waals surface area contributed by atoms with Crippen LogP contribution in [0.5, 0.6) is 5.75 Å². The summed E-state index contributed by atoms with van der Waals surface area (Å²) in [6.07, 6.45) is 1.72. The molecule has 0 aliphatic rings. The monoisotopic (exact) mass is 361 g/mol. The van der Waals surface area contributed by atoms with Gasteiger partial charge in [0.15, 0.2) is 0 Å². The van der Waals surface area contributed by atoms with Gasteiger partial charge in [-0.2, -0.15) is 0 Å². The third-order valence-corrected chi connectivity index (χ3v) is 4.17. The topological polar surface area (TPSA) is 54.5 Å². The van der Waals surface area contributed by atoms with Gasteiger partial charge in [0.05, 0.1) is 18.8 Å². The number of carbonyl (C=O) groups excluding carboxylic acids is 1. The van der Waals surface area contributed by atoms with Crippen LogP contribution < -0.4 is 10.1 Å². The fraction of sp³-hybridized carbons (Fsp3) is 0.182. The SMILES string of the molecule is CNC(=O)N(CCOc1ccc(-c2ccccc2)cc1)Cc1ccccn1. The van der Waals surface area contributed by atoms with Crippen LogP contribution in [0, 0.1) is 0 Å². The van der Waals surface area contributed by atoms with Crippen LogP contribution in [0.3, 0.4) is 0 Å². The molecule has 0 spiro atoms. The summed E-state index contributed by atoms with van der Waals surface area (Å²) in [5, 5.41) is 2.66. The molecule has 0 radical (unpaired) electrons. The second-order valence-corrected chi connectivity index (χ2v) is 6.04. The Labute approximate surface area is 159 Å². The molecule has 0 atom stereocenters. The lowest BCUT2D eigenvalue weighted by Gasteiger charge is -2.22. The Morgan fingerprint density at radius 1 is 0.963 bits per heavy atom. The molecule has 2 aromatic carbocycles. The Kier molecular flexibility index (Phi) is 6.41. The molecule has 1 heterocycles. The van der Waals surface area contributed by atoms with E-state index in [0.717, 1.165) is 17.0 Å². The molecule has 5 nitrogen and oxygen atoms in total. The lowest BCUT2D eigenvalue weighted by Crippen LogP contribution is -2.40. The number of benzene rings is 2. The Morgan fingerprint density at radius 3 is 2.33 bits per heavy atom. The normalized spacial score (nSPS) is 10.3. The predicted octanol–water partition coefficient (Wildman–Crippen LogP) is 3.97. The maximum Gasteiger partial charge on any atom is 0.317 e. The maximum absolute atomic E-state index is 12.1. The number of ether oxygens (including phenoxy) is 1. The predicted molar refractivity (Wildman–Crippen MR) is 106 cm³/mol. The van der Waals surface area contributed by atoms with Crippen molar-refractivity contribution in [3.05, 3.63) is 84.7 Å². The van der Waals surface area contributed by atoms with Crippen LogP contribution in [0.25, 0.3) is 11.1 Å². The molecule has 0 saturated heterocycles. The van der Waals surface area contributed by atoms with Gasteiger partial charge in [0.2, 0.25) is 0 Å². The number of pyridine rings is 1.